The molecule has 0 radical (unpaired) electrons. The first-order valence-electron chi connectivity index (χ1n) is 7.14. The molecule has 0 aliphatic carbocycles. The number of nitrogens with one attached hydrogen (secondary N) is 2. The number of para-hydroxylation sites is 2. The van der Waals surface area contributed by atoms with Crippen molar-refractivity contribution in [2.45, 2.75) is 0 Å². The lowest BCUT2D eigenvalue weighted by atomic mass is 10.2. The molecule has 0 unspecified atom stereocenters. The summed E-state index contributed by atoms with van der Waals surface area (Å²) in [5.74, 6) is -0.909. The van der Waals surface area contributed by atoms with Gasteiger partial charge in [-0.15, -0.1) is 0 Å². The fourth-order valence-electron chi connectivity index (χ4n) is 2.32. The number of nitrogens with two attached hydrogens (primary N) is 1. The van der Waals surface area contributed by atoms with Gasteiger partial charge in [0.15, 0.2) is 0 Å². The van der Waals surface area contributed by atoms with Gasteiger partial charge in [-0.2, -0.15) is 0 Å². The van der Waals surface area contributed by atoms with Crippen molar-refractivity contribution in [3.63, 3.8) is 0 Å². The molecule has 0 saturated heterocycles. The zero-order valence-corrected chi connectivity index (χ0v) is 12.5. The number of carbonyl (C=O) groups excluding carboxylic acids is 1. The van der Waals surface area contributed by atoms with Gasteiger partial charge in [0.05, 0.1) is 5.69 Å². The Labute approximate surface area is 136 Å². The van der Waals surface area contributed by atoms with Crippen molar-refractivity contribution in [1.29, 1.82) is 0 Å². The van der Waals surface area contributed by atoms with Gasteiger partial charge in [0.25, 0.3) is 11.5 Å². The number of carbonyl (C=O) groups is 1. The Bertz CT molecular complexity index is 992. The number of amides is 1. The van der Waals surface area contributed by atoms with Gasteiger partial charge in [-0.05, 0) is 24.3 Å². The number of hydrogen-bond acceptors (Lipinski definition) is 4. The van der Waals surface area contributed by atoms with E-state index in [0.717, 1.165) is 4.57 Å². The minimum Gasteiger partial charge on any atom is -0.384 e. The van der Waals surface area contributed by atoms with Gasteiger partial charge in [-0.25, -0.2) is 9.36 Å². The SMILES string of the molecule is Nc1c(C(=O)Nc2ccccc2)c(=O)[nH]c(=O)n1-c1ccccc1. The van der Waals surface area contributed by atoms with Gasteiger partial charge < -0.3 is 11.1 Å². The van der Waals surface area contributed by atoms with E-state index in [2.05, 4.69) is 10.3 Å². The summed E-state index contributed by atoms with van der Waals surface area (Å²) in [4.78, 5) is 38.7. The zero-order valence-electron chi connectivity index (χ0n) is 12.5. The fourth-order valence-corrected chi connectivity index (χ4v) is 2.32. The summed E-state index contributed by atoms with van der Waals surface area (Å²) in [5.41, 5.74) is 5.05. The third-order valence-corrected chi connectivity index (χ3v) is 3.42. The number of nitrogens with zero attached hydrogens (tertiary/aromatic N) is 1. The van der Waals surface area contributed by atoms with E-state index < -0.39 is 17.2 Å². The second-order valence-corrected chi connectivity index (χ2v) is 5.01. The van der Waals surface area contributed by atoms with Crippen LogP contribution < -0.4 is 22.3 Å². The molecule has 4 N–H and O–H groups in total. The van der Waals surface area contributed by atoms with Crippen molar-refractivity contribution >= 4 is 17.4 Å². The maximum absolute atomic E-state index is 12.4. The van der Waals surface area contributed by atoms with E-state index in [-0.39, 0.29) is 11.4 Å². The largest absolute Gasteiger partial charge is 0.384 e. The highest BCUT2D eigenvalue weighted by Gasteiger charge is 2.20. The van der Waals surface area contributed by atoms with Crippen molar-refractivity contribution in [3.8, 4) is 5.69 Å². The molecule has 7 nitrogen and oxygen atoms in total. The van der Waals surface area contributed by atoms with Crippen LogP contribution in [0.1, 0.15) is 10.4 Å². The van der Waals surface area contributed by atoms with Crippen molar-refractivity contribution in [1.82, 2.24) is 9.55 Å². The number of anilines is 2. The zero-order chi connectivity index (χ0) is 17.1. The topological polar surface area (TPSA) is 110 Å². The third-order valence-electron chi connectivity index (χ3n) is 3.42. The first-order valence-corrected chi connectivity index (χ1v) is 7.14. The van der Waals surface area contributed by atoms with Crippen molar-refractivity contribution in [3.05, 3.63) is 87.1 Å². The van der Waals surface area contributed by atoms with E-state index in [1.54, 1.807) is 60.7 Å². The van der Waals surface area contributed by atoms with E-state index in [9.17, 15) is 14.4 Å². The average molecular weight is 322 g/mol. The predicted molar refractivity (Wildman–Crippen MR) is 91.5 cm³/mol. The molecular weight excluding hydrogens is 308 g/mol. The molecule has 0 aliphatic rings. The molecule has 3 aromatic rings. The second kappa shape index (κ2) is 6.25. The lowest BCUT2D eigenvalue weighted by molar-refractivity contribution is 0.102. The smallest absolute Gasteiger partial charge is 0.334 e. The molecule has 1 aromatic heterocycles. The van der Waals surface area contributed by atoms with Crippen LogP contribution >= 0.6 is 0 Å². The highest BCUT2D eigenvalue weighted by molar-refractivity contribution is 6.07. The lowest BCUT2D eigenvalue weighted by Crippen LogP contribution is -2.36. The van der Waals surface area contributed by atoms with E-state index in [1.807, 2.05) is 0 Å². The van der Waals surface area contributed by atoms with Crippen LogP contribution in [0.15, 0.2) is 70.3 Å². The first kappa shape index (κ1) is 15.3. The highest BCUT2D eigenvalue weighted by atomic mass is 16.2. The second-order valence-electron chi connectivity index (χ2n) is 5.01. The maximum Gasteiger partial charge on any atom is 0.334 e. The fraction of sp³-hybridized carbons (Fsp3) is 0. The molecule has 7 heteroatoms. The monoisotopic (exact) mass is 322 g/mol. The highest BCUT2D eigenvalue weighted by Crippen LogP contribution is 2.14. The molecule has 0 atom stereocenters. The summed E-state index contributed by atoms with van der Waals surface area (Å²) in [6.07, 6.45) is 0. The van der Waals surface area contributed by atoms with Crippen molar-refractivity contribution in [2.75, 3.05) is 11.1 Å². The molecule has 1 heterocycles. The van der Waals surface area contributed by atoms with E-state index >= 15 is 0 Å². The van der Waals surface area contributed by atoms with Crippen LogP contribution in [0, 0.1) is 0 Å². The molecule has 3 rings (SSSR count). The quantitative estimate of drug-likeness (QED) is 0.676. The molecule has 24 heavy (non-hydrogen) atoms. The standard InChI is InChI=1S/C17H14N4O3/c18-14-13(15(22)19-11-7-3-1-4-8-11)16(23)20-17(24)21(14)12-9-5-2-6-10-12/h1-10H,18H2,(H,19,22)(H,20,23,24). The molecule has 0 saturated carbocycles. The Morgan fingerprint density at radius 3 is 2.17 bits per heavy atom. The van der Waals surface area contributed by atoms with Gasteiger partial charge in [0.1, 0.15) is 11.4 Å². The number of rotatable bonds is 3. The summed E-state index contributed by atoms with van der Waals surface area (Å²) >= 11 is 0. The number of benzene rings is 2. The normalized spacial score (nSPS) is 10.3. The molecule has 1 amide bonds. The van der Waals surface area contributed by atoms with E-state index in [4.69, 9.17) is 5.73 Å². The molecular formula is C17H14N4O3. The van der Waals surface area contributed by atoms with Crippen LogP contribution in [0.4, 0.5) is 11.5 Å². The minimum absolute atomic E-state index is 0.219. The molecule has 0 fully saturated rings. The van der Waals surface area contributed by atoms with Gasteiger partial charge in [0, 0.05) is 5.69 Å². The van der Waals surface area contributed by atoms with E-state index in [0.29, 0.717) is 11.4 Å². The van der Waals surface area contributed by atoms with Crippen molar-refractivity contribution < 1.29 is 4.79 Å². The lowest BCUT2D eigenvalue weighted by Gasteiger charge is -2.12. The van der Waals surface area contributed by atoms with Gasteiger partial charge >= 0.3 is 5.69 Å². The first-order chi connectivity index (χ1) is 11.6. The number of aromatic amines is 1. The Balaban J connectivity index is 2.10. The predicted octanol–water partition coefficient (Wildman–Crippen LogP) is 1.36. The summed E-state index contributed by atoms with van der Waals surface area (Å²) in [6.45, 7) is 0. The van der Waals surface area contributed by atoms with Gasteiger partial charge in [-0.3, -0.25) is 14.6 Å². The van der Waals surface area contributed by atoms with Gasteiger partial charge in [0.2, 0.25) is 0 Å². The Morgan fingerprint density at radius 1 is 0.958 bits per heavy atom. The van der Waals surface area contributed by atoms with Crippen molar-refractivity contribution in [2.24, 2.45) is 0 Å². The van der Waals surface area contributed by atoms with E-state index in [1.165, 1.54) is 0 Å². The van der Waals surface area contributed by atoms with Crippen LogP contribution in [-0.2, 0) is 0 Å². The van der Waals surface area contributed by atoms with Gasteiger partial charge in [-0.1, -0.05) is 36.4 Å². The summed E-state index contributed by atoms with van der Waals surface area (Å²) in [7, 11) is 0. The molecule has 0 aliphatic heterocycles. The Kier molecular flexibility index (Phi) is 3.98. The number of aromatic nitrogens is 2. The Morgan fingerprint density at radius 2 is 1.54 bits per heavy atom. The summed E-state index contributed by atoms with van der Waals surface area (Å²) < 4.78 is 1.08. The summed E-state index contributed by atoms with van der Waals surface area (Å²) in [5, 5.41) is 2.58. The molecule has 0 spiro atoms. The number of H-pyrrole nitrogens is 1. The van der Waals surface area contributed by atoms with Crippen LogP contribution in [0.3, 0.4) is 0 Å². The third kappa shape index (κ3) is 2.82. The molecule has 120 valence electrons. The van der Waals surface area contributed by atoms with Crippen LogP contribution in [0.25, 0.3) is 5.69 Å². The number of hydrogen-bond donors (Lipinski definition) is 3. The molecule has 2 aromatic carbocycles. The Hall–Kier alpha value is -3.61. The maximum atomic E-state index is 12.4. The summed E-state index contributed by atoms with van der Waals surface area (Å²) in [6, 6.07) is 17.1. The molecule has 0 bridgehead atoms. The van der Waals surface area contributed by atoms with Crippen LogP contribution in [0.2, 0.25) is 0 Å². The van der Waals surface area contributed by atoms with Crippen LogP contribution in [0.5, 0.6) is 0 Å². The number of nitrogen functional groups attached to an aromatic ring is 1. The van der Waals surface area contributed by atoms with Crippen LogP contribution in [-0.4, -0.2) is 15.5 Å². The minimum atomic E-state index is -0.835. The average Bonchev–Trinajstić information content (AvgIpc) is 2.56.